The number of rotatable bonds is 2. The van der Waals surface area contributed by atoms with Crippen molar-refractivity contribution < 1.29 is 4.79 Å². The lowest BCUT2D eigenvalue weighted by Crippen LogP contribution is -2.30. The zero-order valence-electron chi connectivity index (χ0n) is 11.2. The van der Waals surface area contributed by atoms with Gasteiger partial charge in [0.1, 0.15) is 5.37 Å². The monoisotopic (exact) mass is 338 g/mol. The fourth-order valence-corrected chi connectivity index (χ4v) is 4.05. The van der Waals surface area contributed by atoms with Gasteiger partial charge in [0, 0.05) is 23.0 Å². The number of carbonyl (C=O) groups is 1. The summed E-state index contributed by atoms with van der Waals surface area (Å²) in [7, 11) is 0. The summed E-state index contributed by atoms with van der Waals surface area (Å²) in [6.07, 6.45) is 3.49. The average Bonchev–Trinajstić information content (AvgIpc) is 2.76. The number of anilines is 1. The van der Waals surface area contributed by atoms with E-state index in [1.165, 1.54) is 0 Å². The van der Waals surface area contributed by atoms with Crippen LogP contribution in [-0.4, -0.2) is 16.1 Å². The van der Waals surface area contributed by atoms with Crippen LogP contribution in [0, 0.1) is 0 Å². The van der Waals surface area contributed by atoms with E-state index < -0.39 is 0 Å². The van der Waals surface area contributed by atoms with Gasteiger partial charge in [-0.05, 0) is 31.2 Å². The van der Waals surface area contributed by atoms with Crippen LogP contribution in [0.4, 0.5) is 5.69 Å². The Labute approximate surface area is 137 Å². The molecule has 3 nitrogen and oxygen atoms in total. The van der Waals surface area contributed by atoms with Crippen LogP contribution in [0.15, 0.2) is 42.7 Å². The molecule has 0 radical (unpaired) electrons. The van der Waals surface area contributed by atoms with Crippen LogP contribution in [0.1, 0.15) is 17.9 Å². The van der Waals surface area contributed by atoms with E-state index in [4.69, 9.17) is 23.2 Å². The van der Waals surface area contributed by atoms with E-state index in [0.717, 1.165) is 5.56 Å². The second-order valence-electron chi connectivity index (χ2n) is 4.72. The number of nitrogens with zero attached hydrogens (tertiary/aromatic N) is 2. The molecule has 2 atom stereocenters. The number of halogens is 2. The van der Waals surface area contributed by atoms with Crippen molar-refractivity contribution in [1.82, 2.24) is 4.98 Å². The molecule has 1 aliphatic rings. The number of aromatic nitrogens is 1. The second kappa shape index (κ2) is 5.87. The van der Waals surface area contributed by atoms with Crippen molar-refractivity contribution in [2.75, 3.05) is 4.90 Å². The average molecular weight is 339 g/mol. The Balaban J connectivity index is 2.06. The van der Waals surface area contributed by atoms with Crippen LogP contribution in [0.3, 0.4) is 0 Å². The largest absolute Gasteiger partial charge is 0.293 e. The zero-order valence-corrected chi connectivity index (χ0v) is 13.5. The molecule has 1 saturated heterocycles. The SMILES string of the molecule is CC1SC(c2cccnc2)N(c2ccc(Cl)cc2Cl)C1=O. The molecule has 6 heteroatoms. The number of amides is 1. The molecule has 0 spiro atoms. The zero-order chi connectivity index (χ0) is 15.0. The topological polar surface area (TPSA) is 33.2 Å². The summed E-state index contributed by atoms with van der Waals surface area (Å²) in [5.74, 6) is 0.0399. The highest BCUT2D eigenvalue weighted by Gasteiger charge is 2.40. The number of hydrogen-bond acceptors (Lipinski definition) is 3. The van der Waals surface area contributed by atoms with Gasteiger partial charge in [-0.25, -0.2) is 0 Å². The van der Waals surface area contributed by atoms with Gasteiger partial charge >= 0.3 is 0 Å². The Morgan fingerprint density at radius 3 is 2.76 bits per heavy atom. The predicted octanol–water partition coefficient (Wildman–Crippen LogP) is 4.56. The normalized spacial score (nSPS) is 21.9. The third kappa shape index (κ3) is 2.76. The van der Waals surface area contributed by atoms with Gasteiger partial charge in [-0.15, -0.1) is 11.8 Å². The molecular formula is C15H12Cl2N2OS. The van der Waals surface area contributed by atoms with Crippen molar-refractivity contribution in [3.8, 4) is 0 Å². The molecule has 3 rings (SSSR count). The summed E-state index contributed by atoms with van der Waals surface area (Å²) in [5.41, 5.74) is 1.66. The molecule has 21 heavy (non-hydrogen) atoms. The number of benzene rings is 1. The minimum atomic E-state index is -0.125. The number of carbonyl (C=O) groups excluding carboxylic acids is 1. The van der Waals surface area contributed by atoms with Crippen LogP contribution in [-0.2, 0) is 4.79 Å². The van der Waals surface area contributed by atoms with Gasteiger partial charge in [-0.3, -0.25) is 14.7 Å². The summed E-state index contributed by atoms with van der Waals surface area (Å²) in [4.78, 5) is 18.4. The van der Waals surface area contributed by atoms with Gasteiger partial charge in [0.25, 0.3) is 0 Å². The highest BCUT2D eigenvalue weighted by atomic mass is 35.5. The van der Waals surface area contributed by atoms with E-state index in [2.05, 4.69) is 4.98 Å². The smallest absolute Gasteiger partial charge is 0.241 e. The Hall–Kier alpha value is -1.23. The first kappa shape index (κ1) is 14.7. The van der Waals surface area contributed by atoms with Crippen molar-refractivity contribution in [2.45, 2.75) is 17.5 Å². The lowest BCUT2D eigenvalue weighted by atomic mass is 10.2. The standard InChI is InChI=1S/C15H12Cl2N2OS/c1-9-14(20)19(13-5-4-11(16)7-12(13)17)15(21-9)10-3-2-6-18-8-10/h2-9,15H,1H3. The number of thioether (sulfide) groups is 1. The molecule has 1 aromatic carbocycles. The molecule has 2 heterocycles. The van der Waals surface area contributed by atoms with Crippen LogP contribution in [0.5, 0.6) is 0 Å². The highest BCUT2D eigenvalue weighted by Crippen LogP contribution is 2.47. The first-order valence-electron chi connectivity index (χ1n) is 6.41. The van der Waals surface area contributed by atoms with Crippen LogP contribution in [0.25, 0.3) is 0 Å². The van der Waals surface area contributed by atoms with Gasteiger partial charge in [0.05, 0.1) is 16.0 Å². The van der Waals surface area contributed by atoms with Crippen molar-refractivity contribution in [3.05, 3.63) is 58.3 Å². The maximum Gasteiger partial charge on any atom is 0.241 e. The molecule has 2 unspecified atom stereocenters. The van der Waals surface area contributed by atoms with Crippen molar-refractivity contribution in [3.63, 3.8) is 0 Å². The van der Waals surface area contributed by atoms with Crippen LogP contribution < -0.4 is 4.90 Å². The third-order valence-electron chi connectivity index (χ3n) is 3.29. The molecule has 0 aliphatic carbocycles. The molecule has 1 aromatic heterocycles. The summed E-state index contributed by atoms with van der Waals surface area (Å²) in [5, 5.41) is 0.773. The van der Waals surface area contributed by atoms with Gasteiger partial charge in [0.2, 0.25) is 5.91 Å². The maximum absolute atomic E-state index is 12.5. The summed E-state index contributed by atoms with van der Waals surface area (Å²) in [6.45, 7) is 1.90. The predicted molar refractivity (Wildman–Crippen MR) is 88.0 cm³/mol. The number of pyridine rings is 1. The molecule has 2 aromatic rings. The summed E-state index contributed by atoms with van der Waals surface area (Å²) in [6, 6.07) is 9.01. The molecule has 1 aliphatic heterocycles. The third-order valence-corrected chi connectivity index (χ3v) is 5.18. The lowest BCUT2D eigenvalue weighted by molar-refractivity contribution is -0.117. The second-order valence-corrected chi connectivity index (χ2v) is 6.99. The molecule has 0 bridgehead atoms. The minimum absolute atomic E-state index is 0.0399. The van der Waals surface area contributed by atoms with E-state index in [-0.39, 0.29) is 16.5 Å². The van der Waals surface area contributed by atoms with Gasteiger partial charge in [-0.1, -0.05) is 29.3 Å². The molecular weight excluding hydrogens is 327 g/mol. The molecule has 108 valence electrons. The maximum atomic E-state index is 12.5. The molecule has 0 saturated carbocycles. The quantitative estimate of drug-likeness (QED) is 0.804. The van der Waals surface area contributed by atoms with E-state index >= 15 is 0 Å². The van der Waals surface area contributed by atoms with Gasteiger partial charge in [-0.2, -0.15) is 0 Å². The molecule has 1 fully saturated rings. The fraction of sp³-hybridized carbons (Fsp3) is 0.200. The van der Waals surface area contributed by atoms with E-state index in [1.54, 1.807) is 47.3 Å². The first-order valence-corrected chi connectivity index (χ1v) is 8.11. The van der Waals surface area contributed by atoms with E-state index in [0.29, 0.717) is 15.7 Å². The minimum Gasteiger partial charge on any atom is -0.293 e. The van der Waals surface area contributed by atoms with Crippen molar-refractivity contribution in [2.24, 2.45) is 0 Å². The summed E-state index contributed by atoms with van der Waals surface area (Å²) >= 11 is 13.8. The lowest BCUT2D eigenvalue weighted by Gasteiger charge is -2.25. The van der Waals surface area contributed by atoms with Gasteiger partial charge in [0.15, 0.2) is 0 Å². The summed E-state index contributed by atoms with van der Waals surface area (Å²) < 4.78 is 0. The van der Waals surface area contributed by atoms with Crippen molar-refractivity contribution >= 4 is 46.6 Å². The van der Waals surface area contributed by atoms with E-state index in [9.17, 15) is 4.79 Å². The van der Waals surface area contributed by atoms with Crippen LogP contribution >= 0.6 is 35.0 Å². The highest BCUT2D eigenvalue weighted by molar-refractivity contribution is 8.01. The van der Waals surface area contributed by atoms with Crippen molar-refractivity contribution in [1.29, 1.82) is 0 Å². The van der Waals surface area contributed by atoms with Gasteiger partial charge < -0.3 is 0 Å². The van der Waals surface area contributed by atoms with E-state index in [1.807, 2.05) is 19.1 Å². The Morgan fingerprint density at radius 2 is 2.10 bits per heavy atom. The Kier molecular flexibility index (Phi) is 4.11. The Bertz CT molecular complexity index is 681. The van der Waals surface area contributed by atoms with Crippen LogP contribution in [0.2, 0.25) is 10.0 Å². The fourth-order valence-electron chi connectivity index (χ4n) is 2.30. The Morgan fingerprint density at radius 1 is 1.29 bits per heavy atom. The molecule has 0 N–H and O–H groups in total. The molecule has 1 amide bonds. The first-order chi connectivity index (χ1) is 10.1. The number of hydrogen-bond donors (Lipinski definition) is 0.